The topological polar surface area (TPSA) is 38.3 Å². The summed E-state index contributed by atoms with van der Waals surface area (Å²) in [6, 6.07) is 12.4. The average Bonchev–Trinajstić information content (AvgIpc) is 2.54. The highest BCUT2D eigenvalue weighted by Gasteiger charge is 2.15. The largest absolute Gasteiger partial charge is 0.483 e. The van der Waals surface area contributed by atoms with E-state index in [1.807, 2.05) is 32.0 Å². The van der Waals surface area contributed by atoms with E-state index in [-0.39, 0.29) is 18.6 Å². The smallest absolute Gasteiger partial charge is 0.258 e. The van der Waals surface area contributed by atoms with Crippen LogP contribution in [0.4, 0.5) is 0 Å². The molecule has 2 aromatic carbocycles. The molecular formula is C21H27NO2. The first kappa shape index (κ1) is 18.1. The molecule has 0 fully saturated rings. The van der Waals surface area contributed by atoms with Crippen LogP contribution in [0.3, 0.4) is 0 Å². The Morgan fingerprint density at radius 3 is 2.33 bits per heavy atom. The van der Waals surface area contributed by atoms with Gasteiger partial charge in [-0.1, -0.05) is 42.8 Å². The number of benzene rings is 2. The zero-order valence-corrected chi connectivity index (χ0v) is 15.3. The summed E-state index contributed by atoms with van der Waals surface area (Å²) >= 11 is 0. The second-order valence-electron chi connectivity index (χ2n) is 6.45. The Labute approximate surface area is 145 Å². The first-order valence-corrected chi connectivity index (χ1v) is 8.47. The zero-order valence-electron chi connectivity index (χ0n) is 15.3. The normalized spacial score (nSPS) is 11.9. The van der Waals surface area contributed by atoms with Gasteiger partial charge in [-0.05, 0) is 62.4 Å². The molecule has 0 unspecified atom stereocenters. The first-order chi connectivity index (χ1) is 11.4. The Bertz CT molecular complexity index is 722. The van der Waals surface area contributed by atoms with Gasteiger partial charge in [0.2, 0.25) is 0 Å². The predicted molar refractivity (Wildman–Crippen MR) is 98.5 cm³/mol. The fraction of sp³-hybridized carbons (Fsp3) is 0.381. The van der Waals surface area contributed by atoms with Crippen molar-refractivity contribution < 1.29 is 9.53 Å². The number of ether oxygens (including phenoxy) is 1. The molecule has 0 aromatic heterocycles. The van der Waals surface area contributed by atoms with Crippen LogP contribution >= 0.6 is 0 Å². The molecule has 24 heavy (non-hydrogen) atoms. The van der Waals surface area contributed by atoms with Crippen molar-refractivity contribution in [2.75, 3.05) is 6.61 Å². The lowest BCUT2D eigenvalue weighted by atomic mass is 9.97. The Kier molecular flexibility index (Phi) is 6.02. The van der Waals surface area contributed by atoms with Crippen LogP contribution in [-0.4, -0.2) is 12.5 Å². The molecule has 0 radical (unpaired) electrons. The van der Waals surface area contributed by atoms with Crippen molar-refractivity contribution in [1.29, 1.82) is 0 Å². The summed E-state index contributed by atoms with van der Waals surface area (Å²) in [5.41, 5.74) is 5.77. The fourth-order valence-corrected chi connectivity index (χ4v) is 2.86. The minimum Gasteiger partial charge on any atom is -0.483 e. The molecule has 3 nitrogen and oxygen atoms in total. The van der Waals surface area contributed by atoms with Crippen molar-refractivity contribution >= 4 is 5.91 Å². The van der Waals surface area contributed by atoms with Gasteiger partial charge >= 0.3 is 0 Å². The Hall–Kier alpha value is -2.29. The molecule has 3 heteroatoms. The molecule has 128 valence electrons. The number of hydrogen-bond acceptors (Lipinski definition) is 2. The summed E-state index contributed by atoms with van der Waals surface area (Å²) in [5.74, 6) is 0.674. The van der Waals surface area contributed by atoms with Crippen LogP contribution in [0.25, 0.3) is 0 Å². The van der Waals surface area contributed by atoms with E-state index >= 15 is 0 Å². The summed E-state index contributed by atoms with van der Waals surface area (Å²) in [5, 5.41) is 3.08. The van der Waals surface area contributed by atoms with Gasteiger partial charge in [-0.2, -0.15) is 0 Å². The number of carbonyl (C=O) groups excluding carboxylic acids is 1. The van der Waals surface area contributed by atoms with Gasteiger partial charge in [-0.15, -0.1) is 0 Å². The number of hydrogen-bond donors (Lipinski definition) is 1. The van der Waals surface area contributed by atoms with Crippen LogP contribution in [0, 0.1) is 27.7 Å². The van der Waals surface area contributed by atoms with E-state index in [1.165, 1.54) is 16.7 Å². The maximum atomic E-state index is 12.3. The molecular weight excluding hydrogens is 298 g/mol. The lowest BCUT2D eigenvalue weighted by Crippen LogP contribution is -2.32. The van der Waals surface area contributed by atoms with Gasteiger partial charge in [0.1, 0.15) is 5.75 Å². The molecule has 0 saturated carbocycles. The highest BCUT2D eigenvalue weighted by Crippen LogP contribution is 2.22. The lowest BCUT2D eigenvalue weighted by Gasteiger charge is -2.20. The van der Waals surface area contributed by atoms with Gasteiger partial charge in [0.25, 0.3) is 5.91 Å². The molecule has 0 saturated heterocycles. The van der Waals surface area contributed by atoms with Gasteiger partial charge in [0.15, 0.2) is 6.61 Å². The van der Waals surface area contributed by atoms with E-state index in [4.69, 9.17) is 4.74 Å². The molecule has 0 aliphatic heterocycles. The van der Waals surface area contributed by atoms with Crippen LogP contribution in [-0.2, 0) is 4.79 Å². The number of rotatable bonds is 6. The van der Waals surface area contributed by atoms with Crippen molar-refractivity contribution in [3.05, 3.63) is 64.2 Å². The third kappa shape index (κ3) is 4.60. The van der Waals surface area contributed by atoms with E-state index in [1.54, 1.807) is 0 Å². The number of carbonyl (C=O) groups is 1. The predicted octanol–water partition coefficient (Wildman–Crippen LogP) is 4.57. The zero-order chi connectivity index (χ0) is 17.7. The summed E-state index contributed by atoms with van der Waals surface area (Å²) < 4.78 is 5.70. The van der Waals surface area contributed by atoms with E-state index in [9.17, 15) is 4.79 Å². The van der Waals surface area contributed by atoms with Crippen molar-refractivity contribution in [2.24, 2.45) is 0 Å². The van der Waals surface area contributed by atoms with E-state index in [0.717, 1.165) is 23.3 Å². The molecule has 0 aliphatic rings. The van der Waals surface area contributed by atoms with Crippen molar-refractivity contribution in [3.8, 4) is 5.75 Å². The minimum atomic E-state index is -0.0947. The summed E-state index contributed by atoms with van der Waals surface area (Å²) in [7, 11) is 0. The van der Waals surface area contributed by atoms with Crippen molar-refractivity contribution in [1.82, 2.24) is 5.32 Å². The number of aryl methyl sites for hydroxylation is 4. The molecule has 2 rings (SSSR count). The maximum Gasteiger partial charge on any atom is 0.258 e. The highest BCUT2D eigenvalue weighted by atomic mass is 16.5. The second-order valence-corrected chi connectivity index (χ2v) is 6.45. The number of nitrogens with one attached hydrogen (secondary N) is 1. The van der Waals surface area contributed by atoms with Crippen LogP contribution in [0.15, 0.2) is 36.4 Å². The molecule has 1 N–H and O–H groups in total. The minimum absolute atomic E-state index is 0.0142. The summed E-state index contributed by atoms with van der Waals surface area (Å²) in [6.07, 6.45) is 0.846. The Morgan fingerprint density at radius 2 is 1.67 bits per heavy atom. The van der Waals surface area contributed by atoms with Gasteiger partial charge in [-0.25, -0.2) is 0 Å². The van der Waals surface area contributed by atoms with E-state index in [0.29, 0.717) is 0 Å². The van der Waals surface area contributed by atoms with Gasteiger partial charge in [-0.3, -0.25) is 4.79 Å². The quantitative estimate of drug-likeness (QED) is 0.845. The first-order valence-electron chi connectivity index (χ1n) is 8.47. The van der Waals surface area contributed by atoms with Gasteiger partial charge in [0, 0.05) is 0 Å². The summed E-state index contributed by atoms with van der Waals surface area (Å²) in [4.78, 5) is 12.3. The third-order valence-electron chi connectivity index (χ3n) is 4.25. The molecule has 2 aromatic rings. The third-order valence-corrected chi connectivity index (χ3v) is 4.25. The second kappa shape index (κ2) is 8.00. The van der Waals surface area contributed by atoms with Gasteiger partial charge in [0.05, 0.1) is 6.04 Å². The molecule has 0 heterocycles. The molecule has 1 amide bonds. The van der Waals surface area contributed by atoms with Gasteiger partial charge < -0.3 is 10.1 Å². The molecule has 0 bridgehead atoms. The molecule has 1 atom stereocenters. The molecule has 0 aliphatic carbocycles. The monoisotopic (exact) mass is 325 g/mol. The SMILES string of the molecule is CC[C@@H](NC(=O)COc1cc(C)ccc1C)c1ccc(C)cc1C. The highest BCUT2D eigenvalue weighted by molar-refractivity contribution is 5.78. The van der Waals surface area contributed by atoms with Crippen LogP contribution < -0.4 is 10.1 Å². The van der Waals surface area contributed by atoms with Crippen molar-refractivity contribution in [3.63, 3.8) is 0 Å². The average molecular weight is 325 g/mol. The van der Waals surface area contributed by atoms with Crippen LogP contribution in [0.1, 0.15) is 47.2 Å². The Morgan fingerprint density at radius 1 is 1.00 bits per heavy atom. The van der Waals surface area contributed by atoms with Crippen molar-refractivity contribution in [2.45, 2.75) is 47.1 Å². The standard InChI is InChI=1S/C21H27NO2/c1-6-19(18-10-8-14(2)11-17(18)5)22-21(23)13-24-20-12-15(3)7-9-16(20)4/h7-12,19H,6,13H2,1-5H3,(H,22,23)/t19-/m1/s1. The summed E-state index contributed by atoms with van der Waals surface area (Å²) in [6.45, 7) is 10.3. The number of amides is 1. The van der Waals surface area contributed by atoms with E-state index in [2.05, 4.69) is 44.3 Å². The van der Waals surface area contributed by atoms with E-state index < -0.39 is 0 Å². The lowest BCUT2D eigenvalue weighted by molar-refractivity contribution is -0.123. The fourth-order valence-electron chi connectivity index (χ4n) is 2.86. The Balaban J connectivity index is 2.00. The van der Waals surface area contributed by atoms with Crippen LogP contribution in [0.5, 0.6) is 5.75 Å². The molecule has 0 spiro atoms. The van der Waals surface area contributed by atoms with Crippen LogP contribution in [0.2, 0.25) is 0 Å². The maximum absolute atomic E-state index is 12.3.